The van der Waals surface area contributed by atoms with Crippen molar-refractivity contribution in [3.05, 3.63) is 35.5 Å². The molecule has 1 aromatic carbocycles. The second-order valence-electron chi connectivity index (χ2n) is 5.38. The van der Waals surface area contributed by atoms with E-state index in [4.69, 9.17) is 0 Å². The zero-order chi connectivity index (χ0) is 13.5. The Kier molecular flexibility index (Phi) is 3.03. The molecule has 96 valence electrons. The molecule has 0 bridgehead atoms. The number of quaternary nitrogens is 1. The predicted molar refractivity (Wildman–Crippen MR) is 74.5 cm³/mol. The molecular formula is C15H20NO2+. The van der Waals surface area contributed by atoms with Crippen molar-refractivity contribution >= 4 is 17.7 Å². The van der Waals surface area contributed by atoms with Gasteiger partial charge in [-0.1, -0.05) is 6.07 Å². The highest BCUT2D eigenvalue weighted by Gasteiger charge is 2.41. The lowest BCUT2D eigenvalue weighted by molar-refractivity contribution is 0.0696. The Balaban J connectivity index is 2.68. The maximum Gasteiger partial charge on any atom is 0.336 e. The summed E-state index contributed by atoms with van der Waals surface area (Å²) in [6.45, 7) is 8.69. The zero-order valence-corrected chi connectivity index (χ0v) is 11.3. The third-order valence-corrected chi connectivity index (χ3v) is 3.93. The van der Waals surface area contributed by atoms with Crippen molar-refractivity contribution in [2.75, 3.05) is 0 Å². The van der Waals surface area contributed by atoms with Crippen LogP contribution in [0.5, 0.6) is 0 Å². The summed E-state index contributed by atoms with van der Waals surface area (Å²) in [5.74, 6) is -0.857. The fourth-order valence-electron chi connectivity index (χ4n) is 3.03. The van der Waals surface area contributed by atoms with Gasteiger partial charge in [0.05, 0.1) is 23.2 Å². The SMILES string of the molecule is CC(C)[N+]1(C(C)C)C=Cc2c(C(=O)O)cccc21. The summed E-state index contributed by atoms with van der Waals surface area (Å²) in [5.41, 5.74) is 2.34. The number of carboxylic acid groups (broad SMARTS) is 1. The molecule has 1 aliphatic rings. The molecule has 0 fully saturated rings. The fraction of sp³-hybridized carbons (Fsp3) is 0.400. The van der Waals surface area contributed by atoms with Gasteiger partial charge in [-0.3, -0.25) is 4.48 Å². The van der Waals surface area contributed by atoms with Crippen molar-refractivity contribution < 1.29 is 9.90 Å². The van der Waals surface area contributed by atoms with E-state index in [1.165, 1.54) is 0 Å². The molecule has 1 aliphatic heterocycles. The molecule has 0 spiro atoms. The average Bonchev–Trinajstić information content (AvgIpc) is 2.68. The van der Waals surface area contributed by atoms with Gasteiger partial charge in [0.2, 0.25) is 0 Å². The van der Waals surface area contributed by atoms with Gasteiger partial charge in [0.15, 0.2) is 0 Å². The van der Waals surface area contributed by atoms with Gasteiger partial charge in [0.1, 0.15) is 11.9 Å². The van der Waals surface area contributed by atoms with Crippen molar-refractivity contribution in [2.24, 2.45) is 0 Å². The first-order chi connectivity index (χ1) is 8.41. The molecule has 1 heterocycles. The predicted octanol–water partition coefficient (Wildman–Crippen LogP) is 3.49. The van der Waals surface area contributed by atoms with Crippen molar-refractivity contribution in [3.8, 4) is 0 Å². The second kappa shape index (κ2) is 4.25. The smallest absolute Gasteiger partial charge is 0.336 e. The minimum atomic E-state index is -0.857. The number of fused-ring (bicyclic) bond motifs is 1. The van der Waals surface area contributed by atoms with Crippen LogP contribution in [0.1, 0.15) is 43.6 Å². The molecule has 18 heavy (non-hydrogen) atoms. The number of aromatic carboxylic acids is 1. The average molecular weight is 246 g/mol. The van der Waals surface area contributed by atoms with Crippen LogP contribution in [0.4, 0.5) is 5.69 Å². The van der Waals surface area contributed by atoms with Crippen LogP contribution in [0.25, 0.3) is 6.08 Å². The van der Waals surface area contributed by atoms with Gasteiger partial charge in [-0.25, -0.2) is 4.79 Å². The number of nitrogens with zero attached hydrogens (tertiary/aromatic N) is 1. The summed E-state index contributed by atoms with van der Waals surface area (Å²) in [6.07, 6.45) is 4.09. The van der Waals surface area contributed by atoms with Crippen LogP contribution in [0.2, 0.25) is 0 Å². The normalized spacial score (nSPS) is 16.3. The maximum absolute atomic E-state index is 11.3. The van der Waals surface area contributed by atoms with E-state index in [-0.39, 0.29) is 0 Å². The Morgan fingerprint density at radius 1 is 1.17 bits per heavy atom. The van der Waals surface area contributed by atoms with Crippen LogP contribution >= 0.6 is 0 Å². The summed E-state index contributed by atoms with van der Waals surface area (Å²) in [6, 6.07) is 6.32. The van der Waals surface area contributed by atoms with Gasteiger partial charge in [-0.15, -0.1) is 0 Å². The first kappa shape index (κ1) is 12.8. The van der Waals surface area contributed by atoms with Crippen LogP contribution in [-0.2, 0) is 0 Å². The van der Waals surface area contributed by atoms with Crippen molar-refractivity contribution in [1.82, 2.24) is 4.48 Å². The number of hydrogen-bond donors (Lipinski definition) is 1. The summed E-state index contributed by atoms with van der Waals surface area (Å²) >= 11 is 0. The monoisotopic (exact) mass is 246 g/mol. The quantitative estimate of drug-likeness (QED) is 0.829. The van der Waals surface area contributed by atoms with E-state index >= 15 is 0 Å². The maximum atomic E-state index is 11.3. The number of carbonyl (C=O) groups is 1. The molecule has 0 saturated heterocycles. The highest BCUT2D eigenvalue weighted by atomic mass is 16.4. The lowest BCUT2D eigenvalue weighted by Crippen LogP contribution is -2.53. The molecule has 0 saturated carbocycles. The Bertz CT molecular complexity index is 507. The van der Waals surface area contributed by atoms with Gasteiger partial charge < -0.3 is 5.11 Å². The van der Waals surface area contributed by atoms with E-state index in [1.54, 1.807) is 6.07 Å². The number of hydrogen-bond acceptors (Lipinski definition) is 1. The Morgan fingerprint density at radius 2 is 1.78 bits per heavy atom. The number of rotatable bonds is 3. The molecule has 1 aromatic rings. The third kappa shape index (κ3) is 1.58. The number of benzene rings is 1. The van der Waals surface area contributed by atoms with Gasteiger partial charge in [0.25, 0.3) is 0 Å². The highest BCUT2D eigenvalue weighted by molar-refractivity contribution is 5.96. The largest absolute Gasteiger partial charge is 0.478 e. The molecule has 3 nitrogen and oxygen atoms in total. The van der Waals surface area contributed by atoms with Gasteiger partial charge in [-0.2, -0.15) is 0 Å². The molecule has 0 radical (unpaired) electrons. The summed E-state index contributed by atoms with van der Waals surface area (Å²) in [5, 5.41) is 9.26. The number of carboxylic acids is 1. The summed E-state index contributed by atoms with van der Waals surface area (Å²) < 4.78 is 0.719. The van der Waals surface area contributed by atoms with E-state index < -0.39 is 5.97 Å². The lowest BCUT2D eigenvalue weighted by atomic mass is 10.0. The van der Waals surface area contributed by atoms with Crippen molar-refractivity contribution in [3.63, 3.8) is 0 Å². The Morgan fingerprint density at radius 3 is 2.28 bits per heavy atom. The van der Waals surface area contributed by atoms with Crippen LogP contribution < -0.4 is 4.48 Å². The Labute approximate surface area is 108 Å². The molecule has 0 atom stereocenters. The minimum absolute atomic E-state index is 0.381. The lowest BCUT2D eigenvalue weighted by Gasteiger charge is -2.40. The standard InChI is InChI=1S/C15H19NO2/c1-10(2)16(11(3)4)9-8-12-13(15(17)18)6-5-7-14(12)16/h5-11H,1-4H3/p+1. The van der Waals surface area contributed by atoms with E-state index in [9.17, 15) is 9.90 Å². The van der Waals surface area contributed by atoms with Crippen molar-refractivity contribution in [2.45, 2.75) is 39.8 Å². The topological polar surface area (TPSA) is 37.3 Å². The highest BCUT2D eigenvalue weighted by Crippen LogP contribution is 2.41. The molecule has 0 amide bonds. The molecule has 1 N–H and O–H groups in total. The minimum Gasteiger partial charge on any atom is -0.478 e. The van der Waals surface area contributed by atoms with E-state index in [0.29, 0.717) is 17.6 Å². The second-order valence-corrected chi connectivity index (χ2v) is 5.38. The van der Waals surface area contributed by atoms with Crippen molar-refractivity contribution in [1.29, 1.82) is 0 Å². The first-order valence-corrected chi connectivity index (χ1v) is 6.35. The summed E-state index contributed by atoms with van der Waals surface area (Å²) in [7, 11) is 0. The Hall–Kier alpha value is -1.61. The summed E-state index contributed by atoms with van der Waals surface area (Å²) in [4.78, 5) is 11.3. The van der Waals surface area contributed by atoms with Gasteiger partial charge >= 0.3 is 5.97 Å². The molecule has 0 unspecified atom stereocenters. The molecular weight excluding hydrogens is 226 g/mol. The van der Waals surface area contributed by atoms with E-state index in [2.05, 4.69) is 33.9 Å². The molecule has 0 aromatic heterocycles. The van der Waals surface area contributed by atoms with Gasteiger partial charge in [0, 0.05) is 12.1 Å². The zero-order valence-electron chi connectivity index (χ0n) is 11.3. The third-order valence-electron chi connectivity index (χ3n) is 3.93. The van der Waals surface area contributed by atoms with E-state index in [1.807, 2.05) is 18.2 Å². The van der Waals surface area contributed by atoms with E-state index in [0.717, 1.165) is 15.7 Å². The molecule has 2 rings (SSSR count). The van der Waals surface area contributed by atoms with Crippen LogP contribution in [0.3, 0.4) is 0 Å². The van der Waals surface area contributed by atoms with Crippen LogP contribution in [-0.4, -0.2) is 23.2 Å². The van der Waals surface area contributed by atoms with Crippen LogP contribution in [0.15, 0.2) is 24.4 Å². The first-order valence-electron chi connectivity index (χ1n) is 6.35. The van der Waals surface area contributed by atoms with Gasteiger partial charge in [-0.05, 0) is 33.8 Å². The molecule has 0 aliphatic carbocycles. The fourth-order valence-corrected chi connectivity index (χ4v) is 3.03. The molecule has 3 heteroatoms. The van der Waals surface area contributed by atoms with Crippen LogP contribution in [0, 0.1) is 0 Å².